The number of halogens is 3. The maximum absolute atomic E-state index is 14.5. The quantitative estimate of drug-likeness (QED) is 0.216. The van der Waals surface area contributed by atoms with E-state index in [1.54, 1.807) is 30.3 Å². The van der Waals surface area contributed by atoms with Crippen molar-refractivity contribution in [3.63, 3.8) is 0 Å². The Morgan fingerprint density at radius 1 is 0.921 bits per heavy atom. The molecule has 1 heterocycles. The predicted octanol–water partition coefficient (Wildman–Crippen LogP) is 8.89. The fourth-order valence-electron chi connectivity index (χ4n) is 4.02. The molecule has 0 aliphatic heterocycles. The Balaban J connectivity index is 1.53. The summed E-state index contributed by atoms with van der Waals surface area (Å²) in [5.74, 6) is -3.90. The molecule has 0 radical (unpaired) electrons. The Kier molecular flexibility index (Phi) is 6.82. The zero-order valence-electron chi connectivity index (χ0n) is 20.1. The molecule has 0 aliphatic rings. The van der Waals surface area contributed by atoms with E-state index in [4.69, 9.17) is 9.47 Å². The third kappa shape index (κ3) is 5.35. The van der Waals surface area contributed by atoms with Crippen molar-refractivity contribution < 1.29 is 32.5 Å². The van der Waals surface area contributed by atoms with Gasteiger partial charge >= 0.3 is 5.97 Å². The first-order valence-corrected chi connectivity index (χ1v) is 12.4. The first kappa shape index (κ1) is 25.4. The van der Waals surface area contributed by atoms with E-state index in [0.717, 1.165) is 29.0 Å². The molecular formula is C30H21F3O4S. The average molecular weight is 535 g/mol. The van der Waals surface area contributed by atoms with Crippen LogP contribution in [0.5, 0.6) is 17.2 Å². The van der Waals surface area contributed by atoms with Gasteiger partial charge in [0.2, 0.25) is 0 Å². The van der Waals surface area contributed by atoms with Crippen LogP contribution in [0, 0.1) is 5.82 Å². The summed E-state index contributed by atoms with van der Waals surface area (Å²) >= 11 is 1.10. The molecule has 0 spiro atoms. The van der Waals surface area contributed by atoms with Crippen molar-refractivity contribution in [2.45, 2.75) is 19.5 Å². The molecule has 0 amide bonds. The van der Waals surface area contributed by atoms with Crippen LogP contribution in [-0.2, 0) is 12.5 Å². The van der Waals surface area contributed by atoms with Gasteiger partial charge in [0.15, 0.2) is 5.75 Å². The Morgan fingerprint density at radius 2 is 1.63 bits per heavy atom. The van der Waals surface area contributed by atoms with Crippen molar-refractivity contribution in [3.8, 4) is 27.7 Å². The van der Waals surface area contributed by atoms with Crippen LogP contribution in [0.25, 0.3) is 20.5 Å². The number of ether oxygens (including phenoxy) is 2. The molecule has 0 saturated carbocycles. The molecule has 0 bridgehead atoms. The number of carboxylic acids is 1. The molecule has 5 rings (SSSR count). The van der Waals surface area contributed by atoms with Gasteiger partial charge in [-0.25, -0.2) is 18.0 Å². The molecule has 0 saturated heterocycles. The molecule has 5 aromatic rings. The highest BCUT2D eigenvalue weighted by atomic mass is 32.1. The van der Waals surface area contributed by atoms with Crippen LogP contribution in [0.1, 0.15) is 28.4 Å². The summed E-state index contributed by atoms with van der Waals surface area (Å²) < 4.78 is 55.5. The highest BCUT2D eigenvalue weighted by Gasteiger charge is 2.31. The normalized spacial score (nSPS) is 11.5. The number of rotatable bonds is 8. The summed E-state index contributed by atoms with van der Waals surface area (Å²) in [5, 5.41) is 9.97. The predicted molar refractivity (Wildman–Crippen MR) is 141 cm³/mol. The molecule has 1 aromatic heterocycles. The van der Waals surface area contributed by atoms with E-state index in [2.05, 4.69) is 0 Å². The van der Waals surface area contributed by atoms with E-state index in [9.17, 15) is 23.1 Å². The van der Waals surface area contributed by atoms with E-state index in [1.807, 2.05) is 30.3 Å². The van der Waals surface area contributed by atoms with Gasteiger partial charge < -0.3 is 14.6 Å². The van der Waals surface area contributed by atoms with Crippen molar-refractivity contribution in [2.75, 3.05) is 0 Å². The van der Waals surface area contributed by atoms with Crippen molar-refractivity contribution in [1.29, 1.82) is 0 Å². The summed E-state index contributed by atoms with van der Waals surface area (Å²) in [6.07, 6.45) is 0. The Hall–Kier alpha value is -4.30. The third-order valence-electron chi connectivity index (χ3n) is 5.88. The summed E-state index contributed by atoms with van der Waals surface area (Å²) in [4.78, 5) is 11.9. The third-order valence-corrected chi connectivity index (χ3v) is 7.05. The molecule has 0 fully saturated rings. The minimum Gasteiger partial charge on any atom is -0.489 e. The number of aromatic carboxylic acids is 1. The lowest BCUT2D eigenvalue weighted by molar-refractivity contribution is 0.0178. The van der Waals surface area contributed by atoms with Crippen molar-refractivity contribution in [3.05, 3.63) is 114 Å². The number of fused-ring (bicyclic) bond motifs is 1. The van der Waals surface area contributed by atoms with Crippen LogP contribution in [0.3, 0.4) is 0 Å². The van der Waals surface area contributed by atoms with Crippen LogP contribution in [-0.4, -0.2) is 11.1 Å². The highest BCUT2D eigenvalue weighted by Crippen LogP contribution is 2.49. The van der Waals surface area contributed by atoms with Gasteiger partial charge in [-0.2, -0.15) is 0 Å². The molecule has 0 aliphatic carbocycles. The van der Waals surface area contributed by atoms with E-state index in [1.165, 1.54) is 18.2 Å². The van der Waals surface area contributed by atoms with E-state index in [0.29, 0.717) is 40.0 Å². The monoisotopic (exact) mass is 534 g/mol. The van der Waals surface area contributed by atoms with E-state index in [-0.39, 0.29) is 16.9 Å². The minimum atomic E-state index is -3.32. The standard InChI is InChI=1S/C30H21F3O4S/c1-30(32,33)25-16-20(31)8-14-23(25)28-27(24-13-7-19(29(34)35)15-26(24)38-28)37-22-11-9-21(10-12-22)36-17-18-5-3-2-4-6-18/h2-16H,17H2,1H3,(H,34,35). The second-order valence-corrected chi connectivity index (χ2v) is 9.75. The first-order chi connectivity index (χ1) is 18.2. The van der Waals surface area contributed by atoms with Gasteiger partial charge in [0.05, 0.1) is 10.4 Å². The van der Waals surface area contributed by atoms with E-state index >= 15 is 0 Å². The summed E-state index contributed by atoms with van der Waals surface area (Å²) in [6.45, 7) is 1.10. The molecule has 8 heteroatoms. The molecular weight excluding hydrogens is 513 g/mol. The number of hydrogen-bond acceptors (Lipinski definition) is 4. The topological polar surface area (TPSA) is 55.8 Å². The van der Waals surface area contributed by atoms with Crippen molar-refractivity contribution >= 4 is 27.4 Å². The zero-order valence-corrected chi connectivity index (χ0v) is 20.9. The molecule has 4 aromatic carbocycles. The van der Waals surface area contributed by atoms with Crippen LogP contribution in [0.2, 0.25) is 0 Å². The lowest BCUT2D eigenvalue weighted by atomic mass is 10.00. The fourth-order valence-corrected chi connectivity index (χ4v) is 5.23. The number of carboxylic acid groups (broad SMARTS) is 1. The summed E-state index contributed by atoms with van der Waals surface area (Å²) in [5.41, 5.74) is 0.689. The van der Waals surface area contributed by atoms with Gasteiger partial charge in [0.25, 0.3) is 5.92 Å². The Morgan fingerprint density at radius 3 is 2.32 bits per heavy atom. The molecule has 38 heavy (non-hydrogen) atoms. The Labute approximate surface area is 220 Å². The van der Waals surface area contributed by atoms with E-state index < -0.39 is 23.3 Å². The van der Waals surface area contributed by atoms with Gasteiger partial charge in [0.1, 0.15) is 23.9 Å². The largest absolute Gasteiger partial charge is 0.489 e. The summed E-state index contributed by atoms with van der Waals surface area (Å²) in [7, 11) is 0. The smallest absolute Gasteiger partial charge is 0.335 e. The lowest BCUT2D eigenvalue weighted by Crippen LogP contribution is -2.09. The lowest BCUT2D eigenvalue weighted by Gasteiger charge is -2.16. The summed E-state index contributed by atoms with van der Waals surface area (Å²) in [6, 6.07) is 24.2. The fraction of sp³-hybridized carbons (Fsp3) is 0.100. The molecule has 1 N–H and O–H groups in total. The molecule has 4 nitrogen and oxygen atoms in total. The van der Waals surface area contributed by atoms with Gasteiger partial charge in [0, 0.05) is 28.1 Å². The minimum absolute atomic E-state index is 0.0527. The number of alkyl halides is 2. The maximum atomic E-state index is 14.5. The number of thiophene rings is 1. The molecule has 192 valence electrons. The second kappa shape index (κ2) is 10.2. The van der Waals surface area contributed by atoms with Gasteiger partial charge in [-0.3, -0.25) is 0 Å². The first-order valence-electron chi connectivity index (χ1n) is 11.6. The van der Waals surface area contributed by atoms with Crippen LogP contribution < -0.4 is 9.47 Å². The van der Waals surface area contributed by atoms with Crippen LogP contribution in [0.15, 0.2) is 91.0 Å². The van der Waals surface area contributed by atoms with Crippen molar-refractivity contribution in [1.82, 2.24) is 0 Å². The number of hydrogen-bond donors (Lipinski definition) is 1. The zero-order chi connectivity index (χ0) is 26.9. The number of carbonyl (C=O) groups is 1. The van der Waals surface area contributed by atoms with Crippen LogP contribution in [0.4, 0.5) is 13.2 Å². The average Bonchev–Trinajstić information content (AvgIpc) is 3.25. The van der Waals surface area contributed by atoms with Crippen molar-refractivity contribution in [2.24, 2.45) is 0 Å². The SMILES string of the molecule is CC(F)(F)c1cc(F)ccc1-c1sc2cc(C(=O)O)ccc2c1Oc1ccc(OCc2ccccc2)cc1. The highest BCUT2D eigenvalue weighted by molar-refractivity contribution is 7.22. The van der Waals surface area contributed by atoms with Gasteiger partial charge in [-0.1, -0.05) is 36.4 Å². The Bertz CT molecular complexity index is 1610. The molecule has 0 unspecified atom stereocenters. The number of benzene rings is 4. The molecule has 0 atom stereocenters. The second-order valence-electron chi connectivity index (χ2n) is 8.70. The van der Waals surface area contributed by atoms with Crippen LogP contribution >= 0.6 is 11.3 Å². The van der Waals surface area contributed by atoms with Gasteiger partial charge in [-0.05, 0) is 60.2 Å². The van der Waals surface area contributed by atoms with Gasteiger partial charge in [-0.15, -0.1) is 11.3 Å². The maximum Gasteiger partial charge on any atom is 0.335 e.